The van der Waals surface area contributed by atoms with E-state index in [1.54, 1.807) is 0 Å². The Hall–Kier alpha value is -1.48. The molecule has 1 aromatic carbocycles. The lowest BCUT2D eigenvalue weighted by Crippen LogP contribution is -2.15. The van der Waals surface area contributed by atoms with Crippen LogP contribution >= 0.6 is 0 Å². The fourth-order valence-corrected chi connectivity index (χ4v) is 1.14. The standard InChI is InChI=1S/C9H8NO2/c11-8-5-6-3-1-2-4-7(6)10-9(8)12/h1-5,10-12H. The van der Waals surface area contributed by atoms with Crippen LogP contribution in [0.5, 0.6) is 0 Å². The van der Waals surface area contributed by atoms with Gasteiger partial charge in [0.15, 0.2) is 5.76 Å². The molecule has 1 radical (unpaired) electrons. The van der Waals surface area contributed by atoms with Gasteiger partial charge < -0.3 is 15.5 Å². The molecule has 1 aromatic rings. The Morgan fingerprint density at radius 1 is 1.08 bits per heavy atom. The number of nitrogens with one attached hydrogen (secondary N) is 1. The Kier molecular flexibility index (Phi) is 1.52. The Balaban J connectivity index is 2.49. The second kappa shape index (κ2) is 2.53. The number of aliphatic hydroxyl groups is 2. The van der Waals surface area contributed by atoms with Crippen LogP contribution in [-0.4, -0.2) is 10.2 Å². The number of rotatable bonds is 0. The SMILES string of the molecule is O[C]1Nc2ccccc2C=C1O. The molecule has 1 aliphatic heterocycles. The predicted molar refractivity (Wildman–Crippen MR) is 45.8 cm³/mol. The van der Waals surface area contributed by atoms with Gasteiger partial charge in [0.05, 0.1) is 0 Å². The first-order valence-corrected chi connectivity index (χ1v) is 3.60. The van der Waals surface area contributed by atoms with E-state index >= 15 is 0 Å². The summed E-state index contributed by atoms with van der Waals surface area (Å²) in [5, 5.41) is 20.9. The van der Waals surface area contributed by atoms with Crippen molar-refractivity contribution in [2.24, 2.45) is 0 Å². The molecule has 0 saturated heterocycles. The smallest absolute Gasteiger partial charge is 0.251 e. The molecule has 0 fully saturated rings. The molecule has 12 heavy (non-hydrogen) atoms. The van der Waals surface area contributed by atoms with Crippen molar-refractivity contribution in [2.45, 2.75) is 0 Å². The highest BCUT2D eigenvalue weighted by atomic mass is 16.3. The van der Waals surface area contributed by atoms with Crippen LogP contribution in [0.1, 0.15) is 5.56 Å². The summed E-state index contributed by atoms with van der Waals surface area (Å²) in [7, 11) is 0. The van der Waals surface area contributed by atoms with Crippen molar-refractivity contribution in [3.05, 3.63) is 41.8 Å². The Morgan fingerprint density at radius 2 is 1.83 bits per heavy atom. The minimum Gasteiger partial charge on any atom is -0.507 e. The maximum absolute atomic E-state index is 9.14. The van der Waals surface area contributed by atoms with Gasteiger partial charge in [0.1, 0.15) is 0 Å². The van der Waals surface area contributed by atoms with E-state index in [1.165, 1.54) is 6.08 Å². The summed E-state index contributed by atoms with van der Waals surface area (Å²) in [4.78, 5) is 0. The van der Waals surface area contributed by atoms with Crippen LogP contribution in [0.15, 0.2) is 30.0 Å². The van der Waals surface area contributed by atoms with E-state index in [0.717, 1.165) is 11.3 Å². The van der Waals surface area contributed by atoms with Gasteiger partial charge in [-0.05, 0) is 12.1 Å². The van der Waals surface area contributed by atoms with Crippen LogP contribution < -0.4 is 5.32 Å². The molecule has 3 N–H and O–H groups in total. The summed E-state index contributed by atoms with van der Waals surface area (Å²) in [5.74, 6) is -0.131. The maximum Gasteiger partial charge on any atom is 0.251 e. The second-order valence-corrected chi connectivity index (χ2v) is 2.59. The molecule has 0 atom stereocenters. The highest BCUT2D eigenvalue weighted by molar-refractivity contribution is 5.73. The third-order valence-corrected chi connectivity index (χ3v) is 1.75. The van der Waals surface area contributed by atoms with Gasteiger partial charge in [0, 0.05) is 11.3 Å². The van der Waals surface area contributed by atoms with Crippen molar-refractivity contribution in [3.63, 3.8) is 0 Å². The van der Waals surface area contributed by atoms with Gasteiger partial charge in [-0.25, -0.2) is 0 Å². The molecule has 0 unspecified atom stereocenters. The molecule has 0 saturated carbocycles. The third kappa shape index (κ3) is 1.04. The molecule has 61 valence electrons. The van der Waals surface area contributed by atoms with Crippen molar-refractivity contribution in [2.75, 3.05) is 5.32 Å². The van der Waals surface area contributed by atoms with E-state index in [4.69, 9.17) is 10.2 Å². The summed E-state index contributed by atoms with van der Waals surface area (Å²) in [6.45, 7) is 0. The number of hydrogen-bond donors (Lipinski definition) is 3. The Bertz CT molecular complexity index is 333. The van der Waals surface area contributed by atoms with Crippen LogP contribution in [0.2, 0.25) is 0 Å². The minimum atomic E-state index is -0.200. The molecule has 3 heteroatoms. The van der Waals surface area contributed by atoms with E-state index in [9.17, 15) is 0 Å². The maximum atomic E-state index is 9.14. The molecule has 1 heterocycles. The number of benzene rings is 1. The zero-order valence-corrected chi connectivity index (χ0v) is 6.28. The summed E-state index contributed by atoms with van der Waals surface area (Å²) < 4.78 is 0. The first-order chi connectivity index (χ1) is 5.77. The van der Waals surface area contributed by atoms with Crippen LogP contribution in [0.25, 0.3) is 6.08 Å². The van der Waals surface area contributed by atoms with Gasteiger partial charge in [-0.2, -0.15) is 0 Å². The largest absolute Gasteiger partial charge is 0.507 e. The molecule has 0 spiro atoms. The molecule has 0 amide bonds. The number of fused-ring (bicyclic) bond motifs is 1. The average Bonchev–Trinajstić information content (AvgIpc) is 2.07. The lowest BCUT2D eigenvalue weighted by molar-refractivity contribution is 0.267. The van der Waals surface area contributed by atoms with Gasteiger partial charge >= 0.3 is 0 Å². The van der Waals surface area contributed by atoms with Crippen molar-refractivity contribution in [1.29, 1.82) is 0 Å². The molecule has 0 aliphatic carbocycles. The average molecular weight is 162 g/mol. The zero-order valence-electron chi connectivity index (χ0n) is 6.28. The summed E-state index contributed by atoms with van der Waals surface area (Å²) in [5.41, 5.74) is 1.67. The monoisotopic (exact) mass is 162 g/mol. The van der Waals surface area contributed by atoms with E-state index in [2.05, 4.69) is 5.32 Å². The fraction of sp³-hybridized carbons (Fsp3) is 0. The van der Waals surface area contributed by atoms with Crippen molar-refractivity contribution in [3.8, 4) is 0 Å². The molecule has 2 rings (SSSR count). The highest BCUT2D eigenvalue weighted by Gasteiger charge is 2.17. The molecule has 0 bridgehead atoms. The van der Waals surface area contributed by atoms with Crippen LogP contribution in [-0.2, 0) is 0 Å². The summed E-state index contributed by atoms with van der Waals surface area (Å²) in [6.07, 6.45) is 1.31. The van der Waals surface area contributed by atoms with Gasteiger partial charge in [0.2, 0.25) is 0 Å². The quantitative estimate of drug-likeness (QED) is 0.545. The summed E-state index contributed by atoms with van der Waals surface area (Å²) in [6, 6.07) is 7.40. The van der Waals surface area contributed by atoms with E-state index in [0.29, 0.717) is 0 Å². The van der Waals surface area contributed by atoms with Gasteiger partial charge in [0.25, 0.3) is 6.23 Å². The van der Waals surface area contributed by atoms with Crippen LogP contribution in [0.4, 0.5) is 5.69 Å². The lowest BCUT2D eigenvalue weighted by Gasteiger charge is -2.18. The Labute approximate surface area is 70.0 Å². The fourth-order valence-electron chi connectivity index (χ4n) is 1.14. The first kappa shape index (κ1) is 7.18. The van der Waals surface area contributed by atoms with Crippen molar-refractivity contribution in [1.82, 2.24) is 0 Å². The molecular weight excluding hydrogens is 154 g/mol. The normalized spacial score (nSPS) is 16.2. The Morgan fingerprint density at radius 3 is 2.67 bits per heavy atom. The molecule has 0 aromatic heterocycles. The van der Waals surface area contributed by atoms with E-state index in [1.807, 2.05) is 24.3 Å². The molecule has 3 nitrogen and oxygen atoms in total. The van der Waals surface area contributed by atoms with E-state index < -0.39 is 0 Å². The number of aliphatic hydroxyl groups excluding tert-OH is 2. The first-order valence-electron chi connectivity index (χ1n) is 3.60. The van der Waals surface area contributed by atoms with E-state index in [-0.39, 0.29) is 12.0 Å². The van der Waals surface area contributed by atoms with Crippen LogP contribution in [0, 0.1) is 6.23 Å². The number of hydrogen-bond acceptors (Lipinski definition) is 3. The molecule has 1 aliphatic rings. The predicted octanol–water partition coefficient (Wildman–Crippen LogP) is 1.87. The van der Waals surface area contributed by atoms with Crippen molar-refractivity contribution >= 4 is 11.8 Å². The minimum absolute atomic E-state index is 0.131. The zero-order chi connectivity index (χ0) is 8.55. The lowest BCUT2D eigenvalue weighted by atomic mass is 10.1. The number of anilines is 1. The van der Waals surface area contributed by atoms with Gasteiger partial charge in [-0.1, -0.05) is 18.2 Å². The van der Waals surface area contributed by atoms with Gasteiger partial charge in [-0.3, -0.25) is 0 Å². The third-order valence-electron chi connectivity index (χ3n) is 1.75. The van der Waals surface area contributed by atoms with Gasteiger partial charge in [-0.15, -0.1) is 0 Å². The number of para-hydroxylation sites is 1. The van der Waals surface area contributed by atoms with Crippen LogP contribution in [0.3, 0.4) is 0 Å². The van der Waals surface area contributed by atoms with Crippen molar-refractivity contribution < 1.29 is 10.2 Å². The summed E-state index contributed by atoms with van der Waals surface area (Å²) >= 11 is 0. The highest BCUT2D eigenvalue weighted by Crippen LogP contribution is 2.27. The second-order valence-electron chi connectivity index (χ2n) is 2.59. The topological polar surface area (TPSA) is 52.5 Å². The molecular formula is C9H8NO2.